The van der Waals surface area contributed by atoms with E-state index >= 15 is 0 Å². The molecule has 1 aliphatic rings. The van der Waals surface area contributed by atoms with E-state index in [9.17, 15) is 4.79 Å². The highest BCUT2D eigenvalue weighted by Crippen LogP contribution is 2.26. The Morgan fingerprint density at radius 1 is 1.04 bits per heavy atom. The molecule has 0 atom stereocenters. The molecule has 0 N–H and O–H groups in total. The standard InChI is InChI=1S/C23H30N2O/c1-18(2)17-24-15-13-22(14-16-24)25(21-7-5-4-6-8-21)23(26)20-11-9-19(3)10-12-20/h4-12,18,22H,13-17H2,1-3H3. The van der Waals surface area contributed by atoms with Gasteiger partial charge in [0.1, 0.15) is 0 Å². The summed E-state index contributed by atoms with van der Waals surface area (Å²) in [7, 11) is 0. The number of anilines is 1. The van der Waals surface area contributed by atoms with Crippen LogP contribution in [0.25, 0.3) is 0 Å². The monoisotopic (exact) mass is 350 g/mol. The number of carbonyl (C=O) groups excluding carboxylic acids is 1. The third kappa shape index (κ3) is 4.53. The summed E-state index contributed by atoms with van der Waals surface area (Å²) in [5.41, 5.74) is 2.94. The lowest BCUT2D eigenvalue weighted by atomic mass is 9.99. The summed E-state index contributed by atoms with van der Waals surface area (Å²) in [5.74, 6) is 0.796. The zero-order valence-electron chi connectivity index (χ0n) is 16.2. The Hall–Kier alpha value is -2.13. The van der Waals surface area contributed by atoms with Crippen molar-refractivity contribution in [2.75, 3.05) is 24.5 Å². The van der Waals surface area contributed by atoms with Crippen molar-refractivity contribution in [1.29, 1.82) is 0 Å². The Balaban J connectivity index is 1.81. The van der Waals surface area contributed by atoms with Gasteiger partial charge in [-0.3, -0.25) is 4.79 Å². The largest absolute Gasteiger partial charge is 0.305 e. The molecule has 3 heteroatoms. The molecule has 0 radical (unpaired) electrons. The third-order valence-electron chi connectivity index (χ3n) is 5.10. The molecule has 1 amide bonds. The van der Waals surface area contributed by atoms with Crippen LogP contribution in [-0.2, 0) is 0 Å². The molecule has 26 heavy (non-hydrogen) atoms. The molecule has 3 rings (SSSR count). The summed E-state index contributed by atoms with van der Waals surface area (Å²) < 4.78 is 0. The van der Waals surface area contributed by atoms with Crippen LogP contribution in [0.2, 0.25) is 0 Å². The van der Waals surface area contributed by atoms with Gasteiger partial charge in [0.05, 0.1) is 0 Å². The number of benzene rings is 2. The molecule has 1 saturated heterocycles. The Morgan fingerprint density at radius 2 is 1.65 bits per heavy atom. The minimum Gasteiger partial charge on any atom is -0.305 e. The van der Waals surface area contributed by atoms with Crippen molar-refractivity contribution < 1.29 is 4.79 Å². The van der Waals surface area contributed by atoms with Crippen molar-refractivity contribution in [3.05, 3.63) is 65.7 Å². The summed E-state index contributed by atoms with van der Waals surface area (Å²) in [6, 6.07) is 18.3. The smallest absolute Gasteiger partial charge is 0.258 e. The van der Waals surface area contributed by atoms with Gasteiger partial charge in [-0.25, -0.2) is 0 Å². The molecular formula is C23H30N2O. The maximum Gasteiger partial charge on any atom is 0.258 e. The van der Waals surface area contributed by atoms with E-state index in [4.69, 9.17) is 0 Å². The number of piperidine rings is 1. The summed E-state index contributed by atoms with van der Waals surface area (Å²) in [5, 5.41) is 0. The predicted octanol–water partition coefficient (Wildman–Crippen LogP) is 4.76. The zero-order valence-corrected chi connectivity index (χ0v) is 16.2. The first-order chi connectivity index (χ1) is 12.5. The summed E-state index contributed by atoms with van der Waals surface area (Å²) in [6.07, 6.45) is 2.05. The second-order valence-corrected chi connectivity index (χ2v) is 7.80. The lowest BCUT2D eigenvalue weighted by molar-refractivity contribution is 0.0957. The maximum atomic E-state index is 13.3. The first-order valence-corrected chi connectivity index (χ1v) is 9.72. The van der Waals surface area contributed by atoms with E-state index in [1.165, 1.54) is 5.56 Å². The highest BCUT2D eigenvalue weighted by Gasteiger charge is 2.29. The van der Waals surface area contributed by atoms with Crippen LogP contribution in [0.5, 0.6) is 0 Å². The molecule has 0 spiro atoms. The molecule has 3 nitrogen and oxygen atoms in total. The van der Waals surface area contributed by atoms with E-state index in [0.717, 1.165) is 43.7 Å². The van der Waals surface area contributed by atoms with Crippen molar-refractivity contribution in [1.82, 2.24) is 4.90 Å². The molecule has 1 heterocycles. The molecule has 2 aromatic rings. The lowest BCUT2D eigenvalue weighted by Gasteiger charge is -2.39. The molecule has 0 bridgehead atoms. The topological polar surface area (TPSA) is 23.6 Å². The normalized spacial score (nSPS) is 16.0. The van der Waals surface area contributed by atoms with Gasteiger partial charge >= 0.3 is 0 Å². The van der Waals surface area contributed by atoms with Gasteiger partial charge in [-0.2, -0.15) is 0 Å². The molecule has 1 fully saturated rings. The average molecular weight is 351 g/mol. The van der Waals surface area contributed by atoms with Crippen LogP contribution in [0.1, 0.15) is 42.6 Å². The van der Waals surface area contributed by atoms with Crippen LogP contribution in [0.4, 0.5) is 5.69 Å². The van der Waals surface area contributed by atoms with Crippen LogP contribution < -0.4 is 4.90 Å². The van der Waals surface area contributed by atoms with Gasteiger partial charge in [0, 0.05) is 36.9 Å². The fraction of sp³-hybridized carbons (Fsp3) is 0.435. The number of rotatable bonds is 5. The van der Waals surface area contributed by atoms with Crippen LogP contribution in [0.3, 0.4) is 0 Å². The third-order valence-corrected chi connectivity index (χ3v) is 5.10. The van der Waals surface area contributed by atoms with Crippen molar-refractivity contribution in [3.63, 3.8) is 0 Å². The maximum absolute atomic E-state index is 13.3. The number of hydrogen-bond donors (Lipinski definition) is 0. The molecule has 0 unspecified atom stereocenters. The number of aryl methyl sites for hydroxylation is 1. The predicted molar refractivity (Wildman–Crippen MR) is 109 cm³/mol. The zero-order chi connectivity index (χ0) is 18.5. The van der Waals surface area contributed by atoms with E-state index in [0.29, 0.717) is 5.92 Å². The minimum absolute atomic E-state index is 0.110. The number of amides is 1. The van der Waals surface area contributed by atoms with E-state index in [2.05, 4.69) is 18.7 Å². The number of carbonyl (C=O) groups is 1. The Morgan fingerprint density at radius 3 is 2.23 bits per heavy atom. The SMILES string of the molecule is Cc1ccc(C(=O)N(c2ccccc2)C2CCN(CC(C)C)CC2)cc1. The summed E-state index contributed by atoms with van der Waals surface area (Å²) in [6.45, 7) is 9.85. The van der Waals surface area contributed by atoms with Gasteiger partial charge in [-0.05, 0) is 49.9 Å². The molecule has 0 saturated carbocycles. The summed E-state index contributed by atoms with van der Waals surface area (Å²) >= 11 is 0. The second kappa shape index (κ2) is 8.50. The molecule has 0 aromatic heterocycles. The number of nitrogens with zero attached hydrogens (tertiary/aromatic N) is 2. The summed E-state index contributed by atoms with van der Waals surface area (Å²) in [4.78, 5) is 17.9. The number of para-hydroxylation sites is 1. The van der Waals surface area contributed by atoms with Gasteiger partial charge in [0.15, 0.2) is 0 Å². The Kier molecular flexibility index (Phi) is 6.10. The molecule has 2 aromatic carbocycles. The second-order valence-electron chi connectivity index (χ2n) is 7.80. The Labute approximate surface area is 157 Å². The van der Waals surface area contributed by atoms with Crippen LogP contribution >= 0.6 is 0 Å². The van der Waals surface area contributed by atoms with Crippen molar-refractivity contribution in [2.24, 2.45) is 5.92 Å². The van der Waals surface area contributed by atoms with E-state index < -0.39 is 0 Å². The fourth-order valence-electron chi connectivity index (χ4n) is 3.79. The van der Waals surface area contributed by atoms with Crippen molar-refractivity contribution in [3.8, 4) is 0 Å². The molecular weight excluding hydrogens is 320 g/mol. The van der Waals surface area contributed by atoms with E-state index in [1.807, 2.05) is 66.4 Å². The number of hydrogen-bond acceptors (Lipinski definition) is 2. The van der Waals surface area contributed by atoms with Gasteiger partial charge in [-0.15, -0.1) is 0 Å². The van der Waals surface area contributed by atoms with Crippen LogP contribution in [0.15, 0.2) is 54.6 Å². The highest BCUT2D eigenvalue weighted by atomic mass is 16.2. The highest BCUT2D eigenvalue weighted by molar-refractivity contribution is 6.06. The molecule has 138 valence electrons. The van der Waals surface area contributed by atoms with Crippen LogP contribution in [0, 0.1) is 12.8 Å². The number of likely N-dealkylation sites (tertiary alicyclic amines) is 1. The lowest BCUT2D eigenvalue weighted by Crippen LogP contribution is -2.48. The van der Waals surface area contributed by atoms with Gasteiger partial charge in [0.2, 0.25) is 0 Å². The molecule has 1 aliphatic heterocycles. The first kappa shape index (κ1) is 18.7. The quantitative estimate of drug-likeness (QED) is 0.776. The average Bonchev–Trinajstić information content (AvgIpc) is 2.64. The van der Waals surface area contributed by atoms with Crippen molar-refractivity contribution >= 4 is 11.6 Å². The van der Waals surface area contributed by atoms with Gasteiger partial charge in [-0.1, -0.05) is 49.7 Å². The van der Waals surface area contributed by atoms with E-state index in [1.54, 1.807) is 0 Å². The first-order valence-electron chi connectivity index (χ1n) is 9.72. The Bertz CT molecular complexity index is 701. The van der Waals surface area contributed by atoms with Crippen molar-refractivity contribution in [2.45, 2.75) is 39.7 Å². The van der Waals surface area contributed by atoms with Crippen LogP contribution in [-0.4, -0.2) is 36.5 Å². The molecule has 0 aliphatic carbocycles. The minimum atomic E-state index is 0.110. The van der Waals surface area contributed by atoms with E-state index in [-0.39, 0.29) is 11.9 Å². The fourth-order valence-corrected chi connectivity index (χ4v) is 3.79. The van der Waals surface area contributed by atoms with Gasteiger partial charge < -0.3 is 9.80 Å². The van der Waals surface area contributed by atoms with Gasteiger partial charge in [0.25, 0.3) is 5.91 Å².